The minimum atomic E-state index is -0.875. The molecule has 0 spiro atoms. The zero-order valence-corrected chi connectivity index (χ0v) is 13.5. The van der Waals surface area contributed by atoms with Gasteiger partial charge in [0.1, 0.15) is 11.3 Å². The third-order valence-corrected chi connectivity index (χ3v) is 3.22. The van der Waals surface area contributed by atoms with Crippen LogP contribution in [0.3, 0.4) is 0 Å². The summed E-state index contributed by atoms with van der Waals surface area (Å²) in [5.41, 5.74) is -0.255. The fourth-order valence-electron chi connectivity index (χ4n) is 1.62. The highest BCUT2D eigenvalue weighted by Gasteiger charge is 2.28. The van der Waals surface area contributed by atoms with E-state index in [2.05, 4.69) is 0 Å². The molecular formula is C15H16Cl2O4. The molecule has 0 saturated carbocycles. The van der Waals surface area contributed by atoms with Crippen LogP contribution in [0.1, 0.15) is 26.3 Å². The topological polar surface area (TPSA) is 63.6 Å². The van der Waals surface area contributed by atoms with Crippen LogP contribution in [0.4, 0.5) is 0 Å². The van der Waals surface area contributed by atoms with Crippen molar-refractivity contribution < 1.29 is 19.4 Å². The van der Waals surface area contributed by atoms with E-state index in [-0.39, 0.29) is 17.2 Å². The van der Waals surface area contributed by atoms with Crippen LogP contribution in [0.25, 0.3) is 5.76 Å². The highest BCUT2D eigenvalue weighted by molar-refractivity contribution is 6.36. The molecule has 114 valence electrons. The van der Waals surface area contributed by atoms with Gasteiger partial charge in [-0.2, -0.15) is 0 Å². The first-order valence-electron chi connectivity index (χ1n) is 6.39. The average molecular weight is 331 g/mol. The van der Waals surface area contributed by atoms with Gasteiger partial charge < -0.3 is 9.84 Å². The third-order valence-electron chi connectivity index (χ3n) is 2.67. The van der Waals surface area contributed by atoms with E-state index >= 15 is 0 Å². The first-order chi connectivity index (χ1) is 9.79. The van der Waals surface area contributed by atoms with Gasteiger partial charge in [0.05, 0.1) is 11.6 Å². The summed E-state index contributed by atoms with van der Waals surface area (Å²) in [4.78, 5) is 24.1. The van der Waals surface area contributed by atoms with E-state index in [4.69, 9.17) is 27.9 Å². The maximum atomic E-state index is 12.2. The summed E-state index contributed by atoms with van der Waals surface area (Å²) < 4.78 is 4.83. The molecule has 0 fully saturated rings. The summed E-state index contributed by atoms with van der Waals surface area (Å²) in [6, 6.07) is 4.35. The number of ether oxygens (including phenoxy) is 1. The Balaban J connectivity index is 3.45. The molecule has 0 aliphatic heterocycles. The van der Waals surface area contributed by atoms with Gasteiger partial charge in [-0.3, -0.25) is 4.79 Å². The smallest absolute Gasteiger partial charge is 0.345 e. The molecule has 1 N–H and O–H groups in total. The van der Waals surface area contributed by atoms with Gasteiger partial charge in [-0.1, -0.05) is 37.0 Å². The van der Waals surface area contributed by atoms with Crippen LogP contribution in [0.2, 0.25) is 10.0 Å². The molecule has 1 aromatic rings. The predicted molar refractivity (Wildman–Crippen MR) is 82.5 cm³/mol. The molecular weight excluding hydrogens is 315 g/mol. The van der Waals surface area contributed by atoms with Gasteiger partial charge in [-0.05, 0) is 25.1 Å². The van der Waals surface area contributed by atoms with Crippen molar-refractivity contribution in [3.63, 3.8) is 0 Å². The Labute approximate surface area is 133 Å². The van der Waals surface area contributed by atoms with E-state index in [1.807, 2.05) is 0 Å². The summed E-state index contributed by atoms with van der Waals surface area (Å²) in [5, 5.41) is 10.8. The van der Waals surface area contributed by atoms with Crippen LogP contribution in [0, 0.1) is 5.92 Å². The van der Waals surface area contributed by atoms with Gasteiger partial charge >= 0.3 is 5.97 Å². The molecule has 0 bridgehead atoms. The summed E-state index contributed by atoms with van der Waals surface area (Å²) in [5.74, 6) is -2.37. The fourth-order valence-corrected chi connectivity index (χ4v) is 2.12. The number of aliphatic hydroxyl groups is 1. The largest absolute Gasteiger partial charge is 0.506 e. The molecule has 0 amide bonds. The summed E-state index contributed by atoms with van der Waals surface area (Å²) in [6.07, 6.45) is 0. The minimum Gasteiger partial charge on any atom is -0.506 e. The SMILES string of the molecule is CCOC(=O)C(C(=O)C(C)C)=C(O)c1ccc(Cl)cc1Cl. The molecule has 4 nitrogen and oxygen atoms in total. The van der Waals surface area contributed by atoms with Crippen molar-refractivity contribution in [1.29, 1.82) is 0 Å². The van der Waals surface area contributed by atoms with Crippen molar-refractivity contribution in [3.05, 3.63) is 39.4 Å². The number of aliphatic hydroxyl groups excluding tert-OH is 1. The van der Waals surface area contributed by atoms with Crippen LogP contribution < -0.4 is 0 Å². The van der Waals surface area contributed by atoms with Crippen molar-refractivity contribution in [3.8, 4) is 0 Å². The second-order valence-electron chi connectivity index (χ2n) is 4.59. The van der Waals surface area contributed by atoms with Crippen molar-refractivity contribution in [2.75, 3.05) is 6.61 Å². The van der Waals surface area contributed by atoms with Gasteiger partial charge in [0.2, 0.25) is 0 Å². The molecule has 21 heavy (non-hydrogen) atoms. The Hall–Kier alpha value is -1.52. The number of Topliss-reactive ketones (excluding diaryl/α,β-unsaturated/α-hetero) is 1. The van der Waals surface area contributed by atoms with Gasteiger partial charge in [-0.25, -0.2) is 4.79 Å². The number of rotatable bonds is 5. The summed E-state index contributed by atoms with van der Waals surface area (Å²) in [7, 11) is 0. The molecule has 0 heterocycles. The Kier molecular flexibility index (Phi) is 6.24. The number of esters is 1. The molecule has 6 heteroatoms. The number of benzene rings is 1. The maximum Gasteiger partial charge on any atom is 0.345 e. The standard InChI is InChI=1S/C15H16Cl2O4/c1-4-21-15(20)12(13(18)8(2)3)14(19)10-6-5-9(16)7-11(10)17/h5-8,19H,4H2,1-3H3. The van der Waals surface area contributed by atoms with Crippen molar-refractivity contribution in [2.24, 2.45) is 5.92 Å². The lowest BCUT2D eigenvalue weighted by Crippen LogP contribution is -2.21. The second kappa shape index (κ2) is 7.48. The van der Waals surface area contributed by atoms with Crippen LogP contribution in [-0.4, -0.2) is 23.5 Å². The van der Waals surface area contributed by atoms with Crippen molar-refractivity contribution >= 4 is 40.7 Å². The number of carbonyl (C=O) groups excluding carboxylic acids is 2. The lowest BCUT2D eigenvalue weighted by molar-refractivity contribution is -0.140. The van der Waals surface area contributed by atoms with E-state index in [1.165, 1.54) is 18.2 Å². The summed E-state index contributed by atoms with van der Waals surface area (Å²) >= 11 is 11.8. The molecule has 1 rings (SSSR count). The molecule has 0 radical (unpaired) electrons. The normalized spacial score (nSPS) is 12.1. The first-order valence-corrected chi connectivity index (χ1v) is 7.15. The molecule has 0 aromatic heterocycles. The van der Waals surface area contributed by atoms with Crippen LogP contribution in [-0.2, 0) is 14.3 Å². The Bertz CT molecular complexity index is 591. The molecule has 0 aliphatic carbocycles. The fraction of sp³-hybridized carbons (Fsp3) is 0.333. The lowest BCUT2D eigenvalue weighted by atomic mass is 9.97. The Morgan fingerprint density at radius 1 is 1.29 bits per heavy atom. The first kappa shape index (κ1) is 17.5. The van der Waals surface area contributed by atoms with E-state index in [9.17, 15) is 14.7 Å². The Morgan fingerprint density at radius 3 is 2.38 bits per heavy atom. The van der Waals surface area contributed by atoms with E-state index in [0.717, 1.165) is 0 Å². The van der Waals surface area contributed by atoms with E-state index in [0.29, 0.717) is 5.02 Å². The number of hydrogen-bond donors (Lipinski definition) is 1. The minimum absolute atomic E-state index is 0.0926. The average Bonchev–Trinajstić information content (AvgIpc) is 2.38. The van der Waals surface area contributed by atoms with Gasteiger partial charge in [0, 0.05) is 16.5 Å². The van der Waals surface area contributed by atoms with Crippen LogP contribution in [0.15, 0.2) is 23.8 Å². The number of ketones is 1. The highest BCUT2D eigenvalue weighted by Crippen LogP contribution is 2.29. The lowest BCUT2D eigenvalue weighted by Gasteiger charge is -2.12. The maximum absolute atomic E-state index is 12.2. The second-order valence-corrected chi connectivity index (χ2v) is 5.43. The third kappa shape index (κ3) is 4.22. The predicted octanol–water partition coefficient (Wildman–Crippen LogP) is 4.05. The number of carbonyl (C=O) groups is 2. The van der Waals surface area contributed by atoms with E-state index < -0.39 is 29.0 Å². The Morgan fingerprint density at radius 2 is 1.90 bits per heavy atom. The molecule has 0 saturated heterocycles. The monoisotopic (exact) mass is 330 g/mol. The van der Waals surface area contributed by atoms with Crippen molar-refractivity contribution in [2.45, 2.75) is 20.8 Å². The van der Waals surface area contributed by atoms with Crippen LogP contribution in [0.5, 0.6) is 0 Å². The molecule has 1 aromatic carbocycles. The van der Waals surface area contributed by atoms with Gasteiger partial charge in [0.15, 0.2) is 5.78 Å². The number of halogens is 2. The highest BCUT2D eigenvalue weighted by atomic mass is 35.5. The molecule has 0 aliphatic rings. The zero-order chi connectivity index (χ0) is 16.2. The zero-order valence-electron chi connectivity index (χ0n) is 11.9. The summed E-state index contributed by atoms with van der Waals surface area (Å²) in [6.45, 7) is 4.95. The van der Waals surface area contributed by atoms with Gasteiger partial charge in [0.25, 0.3) is 0 Å². The molecule has 0 unspecified atom stereocenters. The van der Waals surface area contributed by atoms with E-state index in [1.54, 1.807) is 20.8 Å². The molecule has 0 atom stereocenters. The van der Waals surface area contributed by atoms with Crippen molar-refractivity contribution in [1.82, 2.24) is 0 Å². The quantitative estimate of drug-likeness (QED) is 0.291. The van der Waals surface area contributed by atoms with Crippen LogP contribution >= 0.6 is 23.2 Å². The number of hydrogen-bond acceptors (Lipinski definition) is 4. The van der Waals surface area contributed by atoms with Gasteiger partial charge in [-0.15, -0.1) is 0 Å².